The Morgan fingerprint density at radius 1 is 1.10 bits per heavy atom. The van der Waals surface area contributed by atoms with Crippen LogP contribution in [0, 0.1) is 12.3 Å². The van der Waals surface area contributed by atoms with Gasteiger partial charge in [0.25, 0.3) is 0 Å². The number of aliphatic imine (C=N–C) groups is 2. The predicted molar refractivity (Wildman–Crippen MR) is 121 cm³/mol. The Balaban J connectivity index is 1.64. The second kappa shape index (κ2) is 6.89. The Morgan fingerprint density at radius 3 is 2.50 bits per heavy atom. The molecule has 3 aliphatic rings. The van der Waals surface area contributed by atoms with Crippen molar-refractivity contribution in [2.24, 2.45) is 21.1 Å². The van der Waals surface area contributed by atoms with Crippen LogP contribution in [-0.2, 0) is 16.8 Å². The number of hydrogen-bond acceptors (Lipinski definition) is 5. The second-order valence-electron chi connectivity index (χ2n) is 8.92. The molecule has 1 saturated carbocycles. The average molecular weight is 423 g/mol. The van der Waals surface area contributed by atoms with Crippen molar-refractivity contribution in [1.82, 2.24) is 4.98 Å². The van der Waals surface area contributed by atoms with E-state index in [1.54, 1.807) is 0 Å². The van der Waals surface area contributed by atoms with Crippen LogP contribution in [0.3, 0.4) is 0 Å². The van der Waals surface area contributed by atoms with E-state index in [4.69, 9.17) is 32.1 Å². The smallest absolute Gasteiger partial charge is 0.184 e. The number of nitrogens with two attached hydrogens (primary N) is 1. The van der Waals surface area contributed by atoms with Crippen molar-refractivity contribution in [2.75, 3.05) is 7.11 Å². The van der Waals surface area contributed by atoms with Gasteiger partial charge in [0.05, 0.1) is 22.5 Å². The van der Waals surface area contributed by atoms with Gasteiger partial charge in [-0.3, -0.25) is 9.98 Å². The lowest BCUT2D eigenvalue weighted by Crippen LogP contribution is -2.43. The van der Waals surface area contributed by atoms with Crippen molar-refractivity contribution in [3.63, 3.8) is 0 Å². The first-order valence-corrected chi connectivity index (χ1v) is 11.0. The molecule has 0 amide bonds. The quantitative estimate of drug-likeness (QED) is 0.753. The van der Waals surface area contributed by atoms with Gasteiger partial charge in [0.1, 0.15) is 5.84 Å². The van der Waals surface area contributed by atoms with E-state index in [1.807, 2.05) is 33.2 Å². The van der Waals surface area contributed by atoms with Gasteiger partial charge in [-0.05, 0) is 69.2 Å². The largest absolute Gasteiger partial charge is 0.382 e. The fraction of sp³-hybridized carbons (Fsp3) is 0.458. The lowest BCUT2D eigenvalue weighted by molar-refractivity contribution is -0.000372. The number of ether oxygens (including phenoxy) is 1. The monoisotopic (exact) mass is 422 g/mol. The van der Waals surface area contributed by atoms with Crippen LogP contribution in [0.2, 0.25) is 5.02 Å². The number of hydrogen-bond donors (Lipinski definition) is 1. The summed E-state index contributed by atoms with van der Waals surface area (Å²) in [6.45, 7) is 3.88. The van der Waals surface area contributed by atoms with E-state index in [9.17, 15) is 0 Å². The Labute approximate surface area is 182 Å². The number of rotatable bonds is 2. The van der Waals surface area contributed by atoms with Gasteiger partial charge >= 0.3 is 0 Å². The zero-order chi connectivity index (χ0) is 21.1. The third kappa shape index (κ3) is 2.75. The molecule has 0 bridgehead atoms. The normalized spacial score (nSPS) is 29.9. The summed E-state index contributed by atoms with van der Waals surface area (Å²) in [5, 5.41) is 0.675. The number of aryl methyl sites for hydroxylation is 1. The number of amidine groups is 1. The van der Waals surface area contributed by atoms with E-state index in [-0.39, 0.29) is 5.41 Å². The first-order chi connectivity index (χ1) is 14.4. The minimum absolute atomic E-state index is 0.0471. The minimum Gasteiger partial charge on any atom is -0.382 e. The molecule has 2 aliphatic carbocycles. The van der Waals surface area contributed by atoms with Crippen molar-refractivity contribution in [2.45, 2.75) is 57.7 Å². The molecule has 1 fully saturated rings. The average Bonchev–Trinajstić information content (AvgIpc) is 3.18. The summed E-state index contributed by atoms with van der Waals surface area (Å²) in [6, 6.07) is 8.60. The SMILES string of the molecule is COC1CCC2(CC1)Cc1ccc(-c3cnc(C)c(Cl)c3)cc1[C@@]21N=C(C)C(N)=N1. The van der Waals surface area contributed by atoms with Gasteiger partial charge < -0.3 is 10.5 Å². The van der Waals surface area contributed by atoms with E-state index in [2.05, 4.69) is 23.2 Å². The highest BCUT2D eigenvalue weighted by Crippen LogP contribution is 2.62. The molecule has 156 valence electrons. The maximum Gasteiger partial charge on any atom is 0.184 e. The molecule has 0 saturated heterocycles. The topological polar surface area (TPSA) is 72.9 Å². The summed E-state index contributed by atoms with van der Waals surface area (Å²) in [6.07, 6.45) is 7.29. The van der Waals surface area contributed by atoms with Crippen molar-refractivity contribution >= 4 is 23.1 Å². The van der Waals surface area contributed by atoms with Crippen LogP contribution in [0.25, 0.3) is 11.1 Å². The van der Waals surface area contributed by atoms with Crippen molar-refractivity contribution in [1.29, 1.82) is 0 Å². The Bertz CT molecular complexity index is 1060. The molecule has 1 aromatic heterocycles. The molecule has 2 heterocycles. The lowest BCUT2D eigenvalue weighted by Gasteiger charge is -2.44. The van der Waals surface area contributed by atoms with Crippen LogP contribution in [-0.4, -0.2) is 29.7 Å². The van der Waals surface area contributed by atoms with E-state index in [1.165, 1.54) is 11.1 Å². The number of halogens is 1. The fourth-order valence-corrected chi connectivity index (χ4v) is 5.68. The van der Waals surface area contributed by atoms with Gasteiger partial charge in [-0.15, -0.1) is 0 Å². The fourth-order valence-electron chi connectivity index (χ4n) is 5.52. The zero-order valence-electron chi connectivity index (χ0n) is 17.7. The van der Waals surface area contributed by atoms with Gasteiger partial charge in [0.2, 0.25) is 0 Å². The number of nitrogens with zero attached hydrogens (tertiary/aromatic N) is 3. The Kier molecular flexibility index (Phi) is 4.53. The lowest BCUT2D eigenvalue weighted by atomic mass is 9.65. The van der Waals surface area contributed by atoms with Gasteiger partial charge in [-0.1, -0.05) is 23.7 Å². The third-order valence-corrected chi connectivity index (χ3v) is 7.70. The molecule has 1 aromatic carbocycles. The summed E-state index contributed by atoms with van der Waals surface area (Å²) in [5.74, 6) is 0.557. The number of benzene rings is 1. The van der Waals surface area contributed by atoms with Gasteiger partial charge in [0, 0.05) is 29.8 Å². The van der Waals surface area contributed by atoms with Gasteiger partial charge in [-0.25, -0.2) is 4.99 Å². The third-order valence-electron chi connectivity index (χ3n) is 7.32. The summed E-state index contributed by atoms with van der Waals surface area (Å²) < 4.78 is 5.65. The van der Waals surface area contributed by atoms with E-state index >= 15 is 0 Å². The molecule has 30 heavy (non-hydrogen) atoms. The summed E-state index contributed by atoms with van der Waals surface area (Å²) in [5.41, 5.74) is 11.8. The molecule has 1 aliphatic heterocycles. The first-order valence-electron chi connectivity index (χ1n) is 10.6. The number of aromatic nitrogens is 1. The molecule has 0 radical (unpaired) electrons. The van der Waals surface area contributed by atoms with Crippen LogP contribution >= 0.6 is 11.6 Å². The van der Waals surface area contributed by atoms with E-state index in [0.29, 0.717) is 17.0 Å². The van der Waals surface area contributed by atoms with Crippen LogP contribution < -0.4 is 5.73 Å². The zero-order valence-corrected chi connectivity index (χ0v) is 18.5. The van der Waals surface area contributed by atoms with Crippen molar-refractivity contribution < 1.29 is 4.74 Å². The maximum atomic E-state index is 6.35. The minimum atomic E-state index is -0.632. The number of pyridine rings is 1. The van der Waals surface area contributed by atoms with Crippen LogP contribution in [0.15, 0.2) is 40.4 Å². The van der Waals surface area contributed by atoms with E-state index in [0.717, 1.165) is 54.6 Å². The highest BCUT2D eigenvalue weighted by Gasteiger charge is 2.60. The van der Waals surface area contributed by atoms with Gasteiger partial charge in [0.15, 0.2) is 5.66 Å². The van der Waals surface area contributed by atoms with Crippen LogP contribution in [0.1, 0.15) is 49.4 Å². The molecule has 2 N–H and O–H groups in total. The molecule has 5 rings (SSSR count). The molecule has 1 atom stereocenters. The summed E-state index contributed by atoms with van der Waals surface area (Å²) in [7, 11) is 1.81. The highest BCUT2D eigenvalue weighted by molar-refractivity contribution is 6.41. The van der Waals surface area contributed by atoms with Crippen LogP contribution in [0.4, 0.5) is 0 Å². The van der Waals surface area contributed by atoms with Crippen LogP contribution in [0.5, 0.6) is 0 Å². The molecular weight excluding hydrogens is 396 g/mol. The highest BCUT2D eigenvalue weighted by atomic mass is 35.5. The molecule has 2 aromatic rings. The second-order valence-corrected chi connectivity index (χ2v) is 9.33. The maximum absolute atomic E-state index is 6.35. The number of methoxy groups -OCH3 is 1. The Hall–Kier alpha value is -2.24. The summed E-state index contributed by atoms with van der Waals surface area (Å²) >= 11 is 6.35. The Morgan fingerprint density at radius 2 is 1.87 bits per heavy atom. The van der Waals surface area contributed by atoms with Crippen molar-refractivity contribution in [3.05, 3.63) is 52.3 Å². The standard InChI is InChI=1S/C24H27ClN4O/c1-14-21(25)11-18(13-27-14)16-4-5-17-12-23(8-6-19(30-3)7-9-23)24(20(17)10-16)28-15(2)22(26)29-24/h4-5,10-11,13,19H,6-9,12H2,1-3H3,(H2,26,29)/t19?,23?,24-/m0/s1. The summed E-state index contributed by atoms with van der Waals surface area (Å²) in [4.78, 5) is 14.6. The predicted octanol–water partition coefficient (Wildman–Crippen LogP) is 4.83. The molecular formula is C24H27ClN4O. The molecule has 2 spiro atoms. The van der Waals surface area contributed by atoms with E-state index < -0.39 is 5.66 Å². The number of fused-ring (bicyclic) bond motifs is 3. The molecule has 5 nitrogen and oxygen atoms in total. The molecule has 6 heteroatoms. The first kappa shape index (κ1) is 19.7. The molecule has 0 unspecified atom stereocenters. The van der Waals surface area contributed by atoms with Crippen molar-refractivity contribution in [3.8, 4) is 11.1 Å². The van der Waals surface area contributed by atoms with Gasteiger partial charge in [-0.2, -0.15) is 0 Å².